The van der Waals surface area contributed by atoms with Gasteiger partial charge < -0.3 is 10.1 Å². The highest BCUT2D eigenvalue weighted by molar-refractivity contribution is 7.99. The lowest BCUT2D eigenvalue weighted by molar-refractivity contribution is -0.113. The third kappa shape index (κ3) is 6.28. The summed E-state index contributed by atoms with van der Waals surface area (Å²) < 4.78 is 33.0. The van der Waals surface area contributed by atoms with E-state index in [0.29, 0.717) is 23.1 Å². The number of para-hydroxylation sites is 1. The molecule has 0 fully saturated rings. The largest absolute Gasteiger partial charge is 0.494 e. The molecule has 3 aromatic carbocycles. The fourth-order valence-electron chi connectivity index (χ4n) is 3.33. The summed E-state index contributed by atoms with van der Waals surface area (Å²) in [6.45, 7) is 2.47. The number of amides is 1. The van der Waals surface area contributed by atoms with Gasteiger partial charge in [-0.3, -0.25) is 9.36 Å². The molecule has 0 spiro atoms. The first-order valence-electron chi connectivity index (χ1n) is 10.9. The lowest BCUT2D eigenvalue weighted by atomic mass is 10.3. The molecule has 1 aromatic heterocycles. The average molecular weight is 509 g/mol. The second kappa shape index (κ2) is 11.2. The van der Waals surface area contributed by atoms with Crippen molar-refractivity contribution in [2.75, 3.05) is 17.7 Å². The molecule has 8 nitrogen and oxygen atoms in total. The predicted molar refractivity (Wildman–Crippen MR) is 136 cm³/mol. The molecule has 0 radical (unpaired) electrons. The molecule has 4 aromatic rings. The molecule has 1 heterocycles. The Labute approximate surface area is 208 Å². The van der Waals surface area contributed by atoms with Crippen LogP contribution < -0.4 is 10.1 Å². The molecule has 0 aliphatic carbocycles. The van der Waals surface area contributed by atoms with Gasteiger partial charge in [-0.2, -0.15) is 0 Å². The number of sulfone groups is 1. The van der Waals surface area contributed by atoms with Crippen molar-refractivity contribution < 1.29 is 17.9 Å². The fourth-order valence-corrected chi connectivity index (χ4v) is 5.37. The lowest BCUT2D eigenvalue weighted by Gasteiger charge is -2.11. The monoisotopic (exact) mass is 508 g/mol. The van der Waals surface area contributed by atoms with E-state index >= 15 is 0 Å². The minimum atomic E-state index is -3.63. The third-order valence-electron chi connectivity index (χ3n) is 4.92. The van der Waals surface area contributed by atoms with E-state index in [0.717, 1.165) is 5.75 Å². The molecule has 180 valence electrons. The van der Waals surface area contributed by atoms with Crippen molar-refractivity contribution in [2.45, 2.75) is 22.7 Å². The van der Waals surface area contributed by atoms with Crippen LogP contribution in [0.3, 0.4) is 0 Å². The van der Waals surface area contributed by atoms with Gasteiger partial charge in [0.1, 0.15) is 11.5 Å². The van der Waals surface area contributed by atoms with Gasteiger partial charge in [0, 0.05) is 11.4 Å². The molecule has 4 rings (SSSR count). The number of hydrogen-bond acceptors (Lipinski definition) is 7. The van der Waals surface area contributed by atoms with Crippen LogP contribution in [0.15, 0.2) is 95.0 Å². The van der Waals surface area contributed by atoms with Gasteiger partial charge in [0.05, 0.1) is 17.3 Å². The van der Waals surface area contributed by atoms with E-state index in [-0.39, 0.29) is 28.1 Å². The van der Waals surface area contributed by atoms with E-state index in [4.69, 9.17) is 4.74 Å². The summed E-state index contributed by atoms with van der Waals surface area (Å²) in [6, 6.07) is 24.6. The molecular weight excluding hydrogens is 484 g/mol. The summed E-state index contributed by atoms with van der Waals surface area (Å²) in [4.78, 5) is 12.8. The van der Waals surface area contributed by atoms with Crippen molar-refractivity contribution in [2.24, 2.45) is 0 Å². The maximum absolute atomic E-state index is 13.0. The summed E-state index contributed by atoms with van der Waals surface area (Å²) in [5, 5.41) is 11.6. The minimum absolute atomic E-state index is 0.0730. The molecule has 0 aliphatic heterocycles. The Morgan fingerprint density at radius 1 is 0.943 bits per heavy atom. The molecular formula is C25H24N4O4S2. The van der Waals surface area contributed by atoms with Crippen molar-refractivity contribution in [3.8, 4) is 11.4 Å². The van der Waals surface area contributed by atoms with Crippen LogP contribution in [0.4, 0.5) is 5.69 Å². The summed E-state index contributed by atoms with van der Waals surface area (Å²) in [5.74, 6) is 0.532. The smallest absolute Gasteiger partial charge is 0.234 e. The zero-order valence-electron chi connectivity index (χ0n) is 19.0. The summed E-state index contributed by atoms with van der Waals surface area (Å²) >= 11 is 1.18. The van der Waals surface area contributed by atoms with Crippen molar-refractivity contribution >= 4 is 33.2 Å². The van der Waals surface area contributed by atoms with Crippen LogP contribution in [0.25, 0.3) is 5.69 Å². The lowest BCUT2D eigenvalue weighted by Crippen LogP contribution is -2.15. The van der Waals surface area contributed by atoms with E-state index in [1.807, 2.05) is 37.3 Å². The van der Waals surface area contributed by atoms with Gasteiger partial charge in [-0.15, -0.1) is 10.2 Å². The number of hydrogen-bond donors (Lipinski definition) is 1. The quantitative estimate of drug-likeness (QED) is 0.317. The van der Waals surface area contributed by atoms with Crippen molar-refractivity contribution in [3.05, 3.63) is 90.8 Å². The van der Waals surface area contributed by atoms with Gasteiger partial charge >= 0.3 is 0 Å². The minimum Gasteiger partial charge on any atom is -0.494 e. The molecule has 0 atom stereocenters. The first-order valence-corrected chi connectivity index (χ1v) is 13.5. The van der Waals surface area contributed by atoms with Crippen LogP contribution in [0.5, 0.6) is 5.75 Å². The molecule has 1 N–H and O–H groups in total. The van der Waals surface area contributed by atoms with Gasteiger partial charge in [0.25, 0.3) is 0 Å². The normalized spacial score (nSPS) is 11.2. The third-order valence-corrected chi connectivity index (χ3v) is 7.48. The SMILES string of the molecule is CCOc1ccc(NC(=O)CSc2nnc(CS(=O)(=O)c3ccccc3)n2-c2ccccc2)cc1. The Bertz CT molecular complexity index is 1370. The number of thioether (sulfide) groups is 1. The number of nitrogens with one attached hydrogen (secondary N) is 1. The van der Waals surface area contributed by atoms with E-state index in [2.05, 4.69) is 15.5 Å². The zero-order chi connectivity index (χ0) is 24.7. The van der Waals surface area contributed by atoms with Crippen molar-refractivity contribution in [1.82, 2.24) is 14.8 Å². The number of carbonyl (C=O) groups is 1. The van der Waals surface area contributed by atoms with Crippen molar-refractivity contribution in [1.29, 1.82) is 0 Å². The first-order chi connectivity index (χ1) is 17.0. The van der Waals surface area contributed by atoms with E-state index in [9.17, 15) is 13.2 Å². The summed E-state index contributed by atoms with van der Waals surface area (Å²) in [6.07, 6.45) is 0. The highest BCUT2D eigenvalue weighted by atomic mass is 32.2. The Morgan fingerprint density at radius 3 is 2.26 bits per heavy atom. The number of nitrogens with zero attached hydrogens (tertiary/aromatic N) is 3. The number of aromatic nitrogens is 3. The van der Waals surface area contributed by atoms with Gasteiger partial charge in [0.2, 0.25) is 5.91 Å². The van der Waals surface area contributed by atoms with Gasteiger partial charge in [-0.25, -0.2) is 8.42 Å². The van der Waals surface area contributed by atoms with Crippen molar-refractivity contribution in [3.63, 3.8) is 0 Å². The second-order valence-corrected chi connectivity index (χ2v) is 10.4. The average Bonchev–Trinajstić information content (AvgIpc) is 3.27. The van der Waals surface area contributed by atoms with Gasteiger partial charge in [-0.05, 0) is 55.5 Å². The molecule has 0 unspecified atom stereocenters. The molecule has 0 bridgehead atoms. The number of ether oxygens (including phenoxy) is 1. The maximum atomic E-state index is 13.0. The van der Waals surface area contributed by atoms with Crippen LogP contribution in [-0.4, -0.2) is 41.4 Å². The van der Waals surface area contributed by atoms with Crippen LogP contribution in [-0.2, 0) is 20.4 Å². The Hall–Kier alpha value is -3.63. The zero-order valence-corrected chi connectivity index (χ0v) is 20.6. The van der Waals surface area contributed by atoms with Crippen LogP contribution >= 0.6 is 11.8 Å². The van der Waals surface area contributed by atoms with Gasteiger partial charge in [-0.1, -0.05) is 48.2 Å². The molecule has 1 amide bonds. The van der Waals surface area contributed by atoms with Crippen LogP contribution in [0, 0.1) is 0 Å². The molecule has 0 saturated heterocycles. The number of benzene rings is 3. The molecule has 0 aliphatic rings. The topological polar surface area (TPSA) is 103 Å². The van der Waals surface area contributed by atoms with E-state index in [1.165, 1.54) is 11.8 Å². The van der Waals surface area contributed by atoms with E-state index in [1.54, 1.807) is 59.2 Å². The first kappa shape index (κ1) is 24.5. The summed E-state index contributed by atoms with van der Waals surface area (Å²) in [7, 11) is -3.63. The van der Waals surface area contributed by atoms with Crippen LogP contribution in [0.2, 0.25) is 0 Å². The standard InChI is InChI=1S/C25H24N4O4S2/c1-2-33-21-15-13-19(14-16-21)26-24(30)17-34-25-28-27-23(29(25)20-9-5-3-6-10-20)18-35(31,32)22-11-7-4-8-12-22/h3-16H,2,17-18H2,1H3,(H,26,30). The predicted octanol–water partition coefficient (Wildman–Crippen LogP) is 4.37. The number of carbonyl (C=O) groups excluding carboxylic acids is 1. The maximum Gasteiger partial charge on any atom is 0.234 e. The van der Waals surface area contributed by atoms with Gasteiger partial charge in [0.15, 0.2) is 20.8 Å². The number of anilines is 1. The molecule has 10 heteroatoms. The van der Waals surface area contributed by atoms with E-state index < -0.39 is 9.84 Å². The Morgan fingerprint density at radius 2 is 1.60 bits per heavy atom. The summed E-state index contributed by atoms with van der Waals surface area (Å²) in [5.41, 5.74) is 1.36. The highest BCUT2D eigenvalue weighted by Gasteiger charge is 2.23. The van der Waals surface area contributed by atoms with Crippen LogP contribution in [0.1, 0.15) is 12.7 Å². The fraction of sp³-hybridized carbons (Fsp3) is 0.160. The Kier molecular flexibility index (Phi) is 7.84. The molecule has 35 heavy (non-hydrogen) atoms. The highest BCUT2D eigenvalue weighted by Crippen LogP contribution is 2.25. The number of rotatable bonds is 10. The Balaban J connectivity index is 1.52. The molecule has 0 saturated carbocycles. The second-order valence-electron chi connectivity index (χ2n) is 7.44.